The van der Waals surface area contributed by atoms with Crippen molar-refractivity contribution in [1.82, 2.24) is 0 Å². The molecule has 1 rings (SSSR count). The molecule has 0 aliphatic carbocycles. The SMILES string of the molecule is CCC(=O)C(C)S(=O)(=O)c1ccc(S(C)(=O)=O)cc1. The number of carbonyl (C=O) groups is 1. The van der Waals surface area contributed by atoms with E-state index in [1.54, 1.807) is 6.92 Å². The Morgan fingerprint density at radius 2 is 1.47 bits per heavy atom. The summed E-state index contributed by atoms with van der Waals surface area (Å²) in [4.78, 5) is 11.5. The summed E-state index contributed by atoms with van der Waals surface area (Å²) in [6.07, 6.45) is 1.18. The fourth-order valence-corrected chi connectivity index (χ4v) is 3.61. The van der Waals surface area contributed by atoms with Gasteiger partial charge in [-0.1, -0.05) is 6.92 Å². The summed E-state index contributed by atoms with van der Waals surface area (Å²) in [5.41, 5.74) is 0. The number of rotatable bonds is 5. The van der Waals surface area contributed by atoms with Gasteiger partial charge < -0.3 is 0 Å². The minimum Gasteiger partial charge on any atom is -0.298 e. The van der Waals surface area contributed by atoms with E-state index < -0.39 is 24.9 Å². The molecule has 0 fully saturated rings. The molecule has 0 amide bonds. The summed E-state index contributed by atoms with van der Waals surface area (Å²) in [6.45, 7) is 2.94. The van der Waals surface area contributed by atoms with Gasteiger partial charge in [0.05, 0.1) is 9.79 Å². The fraction of sp³-hybridized carbons (Fsp3) is 0.417. The lowest BCUT2D eigenvalue weighted by Crippen LogP contribution is -2.26. The lowest BCUT2D eigenvalue weighted by Gasteiger charge is -2.11. The van der Waals surface area contributed by atoms with E-state index in [1.807, 2.05) is 0 Å². The van der Waals surface area contributed by atoms with Crippen LogP contribution in [0.25, 0.3) is 0 Å². The molecule has 0 heterocycles. The molecule has 1 aromatic carbocycles. The minimum atomic E-state index is -3.76. The highest BCUT2D eigenvalue weighted by Gasteiger charge is 2.28. The molecule has 0 spiro atoms. The Morgan fingerprint density at radius 1 is 1.05 bits per heavy atom. The number of carbonyl (C=O) groups excluding carboxylic acids is 1. The molecular weight excluding hydrogens is 288 g/mol. The third kappa shape index (κ3) is 3.42. The van der Waals surface area contributed by atoms with Gasteiger partial charge in [0.2, 0.25) is 0 Å². The van der Waals surface area contributed by atoms with E-state index in [1.165, 1.54) is 31.2 Å². The maximum atomic E-state index is 12.1. The van der Waals surface area contributed by atoms with Gasteiger partial charge in [-0.05, 0) is 31.2 Å². The second kappa shape index (κ2) is 5.42. The molecule has 0 aromatic heterocycles. The number of sulfone groups is 2. The molecular formula is C12H16O5S2. The van der Waals surface area contributed by atoms with Crippen LogP contribution in [0, 0.1) is 0 Å². The standard InChI is InChI=1S/C12H16O5S2/c1-4-12(13)9(2)19(16,17)11-7-5-10(6-8-11)18(3,14)15/h5-9H,4H2,1-3H3. The van der Waals surface area contributed by atoms with Crippen molar-refractivity contribution in [3.05, 3.63) is 24.3 Å². The Kier molecular flexibility index (Phi) is 4.52. The number of benzene rings is 1. The molecule has 0 saturated heterocycles. The van der Waals surface area contributed by atoms with Gasteiger partial charge in [0.15, 0.2) is 25.5 Å². The van der Waals surface area contributed by atoms with Crippen LogP contribution in [0.3, 0.4) is 0 Å². The van der Waals surface area contributed by atoms with E-state index in [9.17, 15) is 21.6 Å². The van der Waals surface area contributed by atoms with E-state index in [0.29, 0.717) is 0 Å². The Labute approximate surface area is 113 Å². The van der Waals surface area contributed by atoms with Crippen LogP contribution < -0.4 is 0 Å². The van der Waals surface area contributed by atoms with Crippen molar-refractivity contribution in [1.29, 1.82) is 0 Å². The maximum Gasteiger partial charge on any atom is 0.188 e. The van der Waals surface area contributed by atoms with Crippen LogP contribution in [0.15, 0.2) is 34.1 Å². The Hall–Kier alpha value is -1.21. The molecule has 106 valence electrons. The van der Waals surface area contributed by atoms with Gasteiger partial charge >= 0.3 is 0 Å². The van der Waals surface area contributed by atoms with Gasteiger partial charge in [-0.25, -0.2) is 16.8 Å². The van der Waals surface area contributed by atoms with Crippen LogP contribution in [0.1, 0.15) is 20.3 Å². The lowest BCUT2D eigenvalue weighted by molar-refractivity contribution is -0.118. The van der Waals surface area contributed by atoms with Crippen LogP contribution in [0.4, 0.5) is 0 Å². The minimum absolute atomic E-state index is 0.0425. The zero-order valence-electron chi connectivity index (χ0n) is 11.0. The highest BCUT2D eigenvalue weighted by atomic mass is 32.2. The Bertz CT molecular complexity index is 669. The quantitative estimate of drug-likeness (QED) is 0.816. The smallest absolute Gasteiger partial charge is 0.188 e. The van der Waals surface area contributed by atoms with Crippen molar-refractivity contribution in [3.8, 4) is 0 Å². The predicted molar refractivity (Wildman–Crippen MR) is 71.5 cm³/mol. The summed E-state index contributed by atoms with van der Waals surface area (Å²) < 4.78 is 46.8. The van der Waals surface area contributed by atoms with Crippen LogP contribution in [-0.2, 0) is 24.5 Å². The zero-order chi connectivity index (χ0) is 14.8. The maximum absolute atomic E-state index is 12.1. The molecule has 0 aliphatic rings. The second-order valence-corrected chi connectivity index (χ2v) is 8.53. The molecule has 19 heavy (non-hydrogen) atoms. The fourth-order valence-electron chi connectivity index (χ4n) is 1.54. The number of Topliss-reactive ketones (excluding diaryl/α,β-unsaturated/α-hetero) is 1. The first-order chi connectivity index (χ1) is 8.60. The van der Waals surface area contributed by atoms with Crippen molar-refractivity contribution in [2.45, 2.75) is 35.3 Å². The first kappa shape index (κ1) is 15.8. The van der Waals surface area contributed by atoms with Crippen molar-refractivity contribution in [2.75, 3.05) is 6.26 Å². The zero-order valence-corrected chi connectivity index (χ0v) is 12.6. The molecule has 1 unspecified atom stereocenters. The molecule has 7 heteroatoms. The summed E-state index contributed by atoms with van der Waals surface area (Å²) in [7, 11) is -7.13. The van der Waals surface area contributed by atoms with Crippen LogP contribution in [0.2, 0.25) is 0 Å². The van der Waals surface area contributed by atoms with E-state index in [4.69, 9.17) is 0 Å². The highest BCUT2D eigenvalue weighted by molar-refractivity contribution is 7.92. The molecule has 0 aliphatic heterocycles. The molecule has 1 aromatic rings. The Balaban J connectivity index is 3.21. The number of hydrogen-bond acceptors (Lipinski definition) is 5. The molecule has 0 radical (unpaired) electrons. The normalized spacial score (nSPS) is 14.1. The molecule has 1 atom stereocenters. The first-order valence-corrected chi connectivity index (χ1v) is 9.11. The van der Waals surface area contributed by atoms with Gasteiger partial charge in [-0.15, -0.1) is 0 Å². The van der Waals surface area contributed by atoms with E-state index in [-0.39, 0.29) is 22.0 Å². The average Bonchev–Trinajstić information content (AvgIpc) is 2.36. The topological polar surface area (TPSA) is 85.3 Å². The number of hydrogen-bond donors (Lipinski definition) is 0. The van der Waals surface area contributed by atoms with Gasteiger partial charge in [-0.3, -0.25) is 4.79 Å². The summed E-state index contributed by atoms with van der Waals surface area (Å²) in [6, 6.07) is 4.88. The third-order valence-electron chi connectivity index (χ3n) is 2.85. The van der Waals surface area contributed by atoms with E-state index >= 15 is 0 Å². The van der Waals surface area contributed by atoms with Gasteiger partial charge in [0.1, 0.15) is 5.25 Å². The van der Waals surface area contributed by atoms with E-state index in [2.05, 4.69) is 0 Å². The molecule has 0 N–H and O–H groups in total. The average molecular weight is 304 g/mol. The van der Waals surface area contributed by atoms with Gasteiger partial charge in [0, 0.05) is 12.7 Å². The second-order valence-electron chi connectivity index (χ2n) is 4.25. The van der Waals surface area contributed by atoms with E-state index in [0.717, 1.165) is 6.26 Å². The molecule has 0 bridgehead atoms. The van der Waals surface area contributed by atoms with Gasteiger partial charge in [0.25, 0.3) is 0 Å². The summed E-state index contributed by atoms with van der Waals surface area (Å²) in [5, 5.41) is -1.12. The summed E-state index contributed by atoms with van der Waals surface area (Å²) >= 11 is 0. The Morgan fingerprint density at radius 3 is 1.84 bits per heavy atom. The van der Waals surface area contributed by atoms with Crippen LogP contribution in [-0.4, -0.2) is 34.1 Å². The van der Waals surface area contributed by atoms with Crippen molar-refractivity contribution in [3.63, 3.8) is 0 Å². The predicted octanol–water partition coefficient (Wildman–Crippen LogP) is 1.23. The monoisotopic (exact) mass is 304 g/mol. The highest BCUT2D eigenvalue weighted by Crippen LogP contribution is 2.19. The summed E-state index contributed by atoms with van der Waals surface area (Å²) in [5.74, 6) is -0.368. The number of ketones is 1. The van der Waals surface area contributed by atoms with Gasteiger partial charge in [-0.2, -0.15) is 0 Å². The lowest BCUT2D eigenvalue weighted by atomic mass is 10.2. The van der Waals surface area contributed by atoms with Crippen molar-refractivity contribution >= 4 is 25.5 Å². The van der Waals surface area contributed by atoms with Crippen molar-refractivity contribution in [2.24, 2.45) is 0 Å². The van der Waals surface area contributed by atoms with Crippen LogP contribution >= 0.6 is 0 Å². The third-order valence-corrected chi connectivity index (χ3v) is 6.10. The largest absolute Gasteiger partial charge is 0.298 e. The van der Waals surface area contributed by atoms with Crippen molar-refractivity contribution < 1.29 is 21.6 Å². The van der Waals surface area contributed by atoms with Crippen LogP contribution in [0.5, 0.6) is 0 Å². The first-order valence-electron chi connectivity index (χ1n) is 5.67. The molecule has 0 saturated carbocycles. The molecule has 5 nitrogen and oxygen atoms in total.